The topological polar surface area (TPSA) is 44.8 Å². The number of amides is 2. The van der Waals surface area contributed by atoms with E-state index in [9.17, 15) is 18.0 Å². The van der Waals surface area contributed by atoms with Crippen molar-refractivity contribution in [1.29, 1.82) is 0 Å². The van der Waals surface area contributed by atoms with E-state index < -0.39 is 11.7 Å². The van der Waals surface area contributed by atoms with Gasteiger partial charge in [0.15, 0.2) is 0 Å². The maximum atomic E-state index is 13.3. The molecule has 2 amide bonds. The number of halogens is 3. The second kappa shape index (κ2) is 8.23. The quantitative estimate of drug-likeness (QED) is 0.755. The number of hydrogen-bond acceptors (Lipinski definition) is 4. The standard InChI is InChI=1S/C20H22F3N3O2S/c21-20(22,23)15-3-4-18(25-7-9-28-10-8-25)16(12-15)24-19(27)26-6-1-2-17(26)14-5-11-29-13-14/h3-5,11-13,17H,1-2,6-10H2,(H,24,27)/t17-/m1/s1. The fourth-order valence-electron chi connectivity index (χ4n) is 3.90. The lowest BCUT2D eigenvalue weighted by molar-refractivity contribution is -0.137. The van der Waals surface area contributed by atoms with Gasteiger partial charge >= 0.3 is 12.2 Å². The number of morpholine rings is 1. The van der Waals surface area contributed by atoms with Gasteiger partial charge in [-0.2, -0.15) is 24.5 Å². The molecule has 9 heteroatoms. The van der Waals surface area contributed by atoms with Crippen LogP contribution in [0.3, 0.4) is 0 Å². The van der Waals surface area contributed by atoms with Gasteiger partial charge in [0.25, 0.3) is 0 Å². The van der Waals surface area contributed by atoms with E-state index in [0.29, 0.717) is 38.5 Å². The van der Waals surface area contributed by atoms with E-state index in [1.807, 2.05) is 21.7 Å². The maximum absolute atomic E-state index is 13.3. The van der Waals surface area contributed by atoms with Crippen LogP contribution < -0.4 is 10.2 Å². The number of carbonyl (C=O) groups excluding carboxylic acids is 1. The first-order chi connectivity index (χ1) is 13.9. The van der Waals surface area contributed by atoms with Crippen molar-refractivity contribution in [3.8, 4) is 0 Å². The molecule has 2 saturated heterocycles. The van der Waals surface area contributed by atoms with Crippen LogP contribution in [-0.4, -0.2) is 43.8 Å². The Kier molecular flexibility index (Phi) is 5.69. The molecule has 0 spiro atoms. The van der Waals surface area contributed by atoms with Crippen molar-refractivity contribution >= 4 is 28.7 Å². The van der Waals surface area contributed by atoms with Crippen LogP contribution in [0.4, 0.5) is 29.3 Å². The van der Waals surface area contributed by atoms with E-state index in [4.69, 9.17) is 4.74 Å². The Bertz CT molecular complexity index is 851. The molecule has 2 aliphatic rings. The van der Waals surface area contributed by atoms with Gasteiger partial charge in [0, 0.05) is 19.6 Å². The summed E-state index contributed by atoms with van der Waals surface area (Å²) in [6, 6.07) is 5.10. The summed E-state index contributed by atoms with van der Waals surface area (Å²) in [6.45, 7) is 2.71. The number of nitrogens with zero attached hydrogens (tertiary/aromatic N) is 2. The van der Waals surface area contributed by atoms with Gasteiger partial charge in [0.1, 0.15) is 0 Å². The zero-order chi connectivity index (χ0) is 20.4. The number of nitrogens with one attached hydrogen (secondary N) is 1. The van der Waals surface area contributed by atoms with Crippen LogP contribution in [0.15, 0.2) is 35.0 Å². The average molecular weight is 425 g/mol. The van der Waals surface area contributed by atoms with Crippen molar-refractivity contribution in [3.63, 3.8) is 0 Å². The molecule has 0 aliphatic carbocycles. The molecule has 156 valence electrons. The molecule has 3 heterocycles. The third-order valence-corrected chi connectivity index (χ3v) is 6.06. The second-order valence-corrected chi connectivity index (χ2v) is 7.95. The zero-order valence-electron chi connectivity index (χ0n) is 15.7. The van der Waals surface area contributed by atoms with Crippen LogP contribution in [0.5, 0.6) is 0 Å². The van der Waals surface area contributed by atoms with E-state index in [0.717, 1.165) is 30.5 Å². The SMILES string of the molecule is O=C(Nc1cc(C(F)(F)F)ccc1N1CCOCC1)N1CCC[C@@H]1c1ccsc1. The van der Waals surface area contributed by atoms with Gasteiger partial charge in [-0.3, -0.25) is 0 Å². The van der Waals surface area contributed by atoms with Crippen LogP contribution in [-0.2, 0) is 10.9 Å². The van der Waals surface area contributed by atoms with Crippen molar-refractivity contribution in [2.45, 2.75) is 25.1 Å². The molecular formula is C20H22F3N3O2S. The van der Waals surface area contributed by atoms with E-state index in [1.165, 1.54) is 6.07 Å². The van der Waals surface area contributed by atoms with Crippen LogP contribution >= 0.6 is 11.3 Å². The normalized spacial score (nSPS) is 20.2. The monoisotopic (exact) mass is 425 g/mol. The molecular weight excluding hydrogens is 403 g/mol. The molecule has 29 heavy (non-hydrogen) atoms. The highest BCUT2D eigenvalue weighted by molar-refractivity contribution is 7.08. The molecule has 1 aromatic carbocycles. The first-order valence-corrected chi connectivity index (χ1v) is 10.5. The Morgan fingerprint density at radius 2 is 1.97 bits per heavy atom. The largest absolute Gasteiger partial charge is 0.416 e. The van der Waals surface area contributed by atoms with E-state index >= 15 is 0 Å². The second-order valence-electron chi connectivity index (χ2n) is 7.17. The summed E-state index contributed by atoms with van der Waals surface area (Å²) in [4.78, 5) is 16.7. The number of alkyl halides is 3. The lowest BCUT2D eigenvalue weighted by Gasteiger charge is -2.32. The molecule has 0 radical (unpaired) electrons. The summed E-state index contributed by atoms with van der Waals surface area (Å²) in [5, 5.41) is 6.74. The summed E-state index contributed by atoms with van der Waals surface area (Å²) < 4.78 is 45.2. The van der Waals surface area contributed by atoms with E-state index in [-0.39, 0.29) is 17.8 Å². The lowest BCUT2D eigenvalue weighted by atomic mass is 10.1. The van der Waals surface area contributed by atoms with E-state index in [2.05, 4.69) is 5.32 Å². The number of likely N-dealkylation sites (tertiary alicyclic amines) is 1. The van der Waals surface area contributed by atoms with E-state index in [1.54, 1.807) is 16.2 Å². The molecule has 0 unspecified atom stereocenters. The zero-order valence-corrected chi connectivity index (χ0v) is 16.6. The number of ether oxygens (including phenoxy) is 1. The van der Waals surface area contributed by atoms with Gasteiger partial charge in [-0.1, -0.05) is 0 Å². The van der Waals surface area contributed by atoms with Gasteiger partial charge < -0.3 is 19.9 Å². The molecule has 1 atom stereocenters. The van der Waals surface area contributed by atoms with Crippen molar-refractivity contribution < 1.29 is 22.7 Å². The number of thiophene rings is 1. The van der Waals surface area contributed by atoms with Gasteiger partial charge in [0.2, 0.25) is 0 Å². The smallest absolute Gasteiger partial charge is 0.378 e. The minimum Gasteiger partial charge on any atom is -0.378 e. The Hall–Kier alpha value is -2.26. The Morgan fingerprint density at radius 1 is 1.17 bits per heavy atom. The number of hydrogen-bond donors (Lipinski definition) is 1. The van der Waals surface area contributed by atoms with Gasteiger partial charge in [-0.05, 0) is 53.4 Å². The predicted octanol–water partition coefficient (Wildman–Crippen LogP) is 4.97. The third-order valence-electron chi connectivity index (χ3n) is 5.36. The summed E-state index contributed by atoms with van der Waals surface area (Å²) in [6.07, 6.45) is -2.76. The molecule has 1 aromatic heterocycles. The fourth-order valence-corrected chi connectivity index (χ4v) is 4.61. The summed E-state index contributed by atoms with van der Waals surface area (Å²) >= 11 is 1.57. The van der Waals surface area contributed by atoms with Crippen LogP contribution in [0.2, 0.25) is 0 Å². The van der Waals surface area contributed by atoms with Crippen LogP contribution in [0.1, 0.15) is 30.0 Å². The number of anilines is 2. The number of rotatable bonds is 3. The van der Waals surface area contributed by atoms with Crippen LogP contribution in [0, 0.1) is 0 Å². The highest BCUT2D eigenvalue weighted by atomic mass is 32.1. The maximum Gasteiger partial charge on any atom is 0.416 e. The lowest BCUT2D eigenvalue weighted by Crippen LogP contribution is -2.38. The molecule has 0 saturated carbocycles. The first-order valence-electron chi connectivity index (χ1n) is 9.57. The van der Waals surface area contributed by atoms with Gasteiger partial charge in [-0.15, -0.1) is 0 Å². The Morgan fingerprint density at radius 3 is 2.66 bits per heavy atom. The predicted molar refractivity (Wildman–Crippen MR) is 106 cm³/mol. The summed E-state index contributed by atoms with van der Waals surface area (Å²) in [5.74, 6) is 0. The number of urea groups is 1. The highest BCUT2D eigenvalue weighted by Crippen LogP contribution is 2.37. The van der Waals surface area contributed by atoms with Crippen LogP contribution in [0.25, 0.3) is 0 Å². The number of carbonyl (C=O) groups is 1. The van der Waals surface area contributed by atoms with Crippen molar-refractivity contribution in [1.82, 2.24) is 4.90 Å². The minimum atomic E-state index is -4.48. The third kappa shape index (κ3) is 4.35. The summed E-state index contributed by atoms with van der Waals surface area (Å²) in [7, 11) is 0. The minimum absolute atomic E-state index is 0.0427. The molecule has 4 rings (SSSR count). The fraction of sp³-hybridized carbons (Fsp3) is 0.450. The van der Waals surface area contributed by atoms with Gasteiger partial charge in [0.05, 0.1) is 36.2 Å². The molecule has 2 aliphatic heterocycles. The molecule has 2 fully saturated rings. The molecule has 2 aromatic rings. The Balaban J connectivity index is 1.60. The average Bonchev–Trinajstić information content (AvgIpc) is 3.39. The molecule has 0 bridgehead atoms. The summed E-state index contributed by atoms with van der Waals surface area (Å²) in [5.41, 5.74) is 1.06. The van der Waals surface area contributed by atoms with Crippen molar-refractivity contribution in [2.24, 2.45) is 0 Å². The van der Waals surface area contributed by atoms with Crippen molar-refractivity contribution in [3.05, 3.63) is 46.2 Å². The van der Waals surface area contributed by atoms with Crippen molar-refractivity contribution in [2.75, 3.05) is 43.1 Å². The first kappa shape index (κ1) is 20.0. The highest BCUT2D eigenvalue weighted by Gasteiger charge is 2.34. The molecule has 5 nitrogen and oxygen atoms in total. The molecule has 1 N–H and O–H groups in total. The van der Waals surface area contributed by atoms with Gasteiger partial charge in [-0.25, -0.2) is 4.79 Å². The Labute approximate surface area is 171 Å². The number of benzene rings is 1.